The van der Waals surface area contributed by atoms with Crippen LogP contribution >= 0.6 is 0 Å². The maximum Gasteiger partial charge on any atom is 0.0135 e. The van der Waals surface area contributed by atoms with Crippen molar-refractivity contribution in [3.05, 3.63) is 12.2 Å². The summed E-state index contributed by atoms with van der Waals surface area (Å²) in [6.45, 7) is 6.82. The van der Waals surface area contributed by atoms with Crippen molar-refractivity contribution in [1.29, 1.82) is 0 Å². The van der Waals surface area contributed by atoms with Gasteiger partial charge in [-0.2, -0.15) is 0 Å². The minimum absolute atomic E-state index is 0.507. The molecule has 0 spiro atoms. The molecule has 1 aliphatic rings. The lowest BCUT2D eigenvalue weighted by Gasteiger charge is -2.25. The molecule has 0 aliphatic carbocycles. The Balaban J connectivity index is 2.51. The maximum absolute atomic E-state index is 3.40. The van der Waals surface area contributed by atoms with Crippen LogP contribution in [-0.2, 0) is 0 Å². The second-order valence-electron chi connectivity index (χ2n) is 3.47. The van der Waals surface area contributed by atoms with Crippen LogP contribution in [0.1, 0.15) is 26.7 Å². The van der Waals surface area contributed by atoms with Crippen LogP contribution in [0.5, 0.6) is 0 Å². The van der Waals surface area contributed by atoms with Gasteiger partial charge in [-0.15, -0.1) is 0 Å². The highest BCUT2D eigenvalue weighted by Crippen LogP contribution is 2.25. The van der Waals surface area contributed by atoms with Gasteiger partial charge in [-0.25, -0.2) is 0 Å². The quantitative estimate of drug-likeness (QED) is 0.547. The Bertz CT molecular complexity index is 129. The first-order chi connectivity index (χ1) is 4.77. The van der Waals surface area contributed by atoms with Gasteiger partial charge < -0.3 is 5.32 Å². The number of allylic oxidation sites excluding steroid dienone is 1. The maximum atomic E-state index is 3.40. The zero-order chi connectivity index (χ0) is 7.45. The number of hydrogen-bond donors (Lipinski definition) is 1. The Morgan fingerprint density at radius 1 is 1.50 bits per heavy atom. The molecule has 10 heavy (non-hydrogen) atoms. The average Bonchev–Trinajstić information content (AvgIpc) is 2.15. The highest BCUT2D eigenvalue weighted by molar-refractivity contribution is 4.94. The number of rotatable bonds is 1. The molecule has 1 nitrogen and oxygen atoms in total. The lowest BCUT2D eigenvalue weighted by Crippen LogP contribution is -2.29. The third-order valence-electron chi connectivity index (χ3n) is 2.44. The summed E-state index contributed by atoms with van der Waals surface area (Å²) in [5.41, 5.74) is 0.507. The highest BCUT2D eigenvalue weighted by atomic mass is 14.9. The zero-order valence-electron chi connectivity index (χ0n) is 6.98. The minimum atomic E-state index is 0.507. The van der Waals surface area contributed by atoms with Gasteiger partial charge >= 0.3 is 0 Å². The second kappa shape index (κ2) is 3.20. The smallest absolute Gasteiger partial charge is 0.0135 e. The van der Waals surface area contributed by atoms with Crippen molar-refractivity contribution in [2.75, 3.05) is 13.1 Å². The van der Waals surface area contributed by atoms with Crippen molar-refractivity contribution in [2.24, 2.45) is 5.41 Å². The lowest BCUT2D eigenvalue weighted by atomic mass is 9.84. The summed E-state index contributed by atoms with van der Waals surface area (Å²) in [7, 11) is 0. The summed E-state index contributed by atoms with van der Waals surface area (Å²) in [6.07, 6.45) is 7.02. The Labute approximate surface area is 63.5 Å². The molecule has 0 aromatic heterocycles. The van der Waals surface area contributed by atoms with Crippen LogP contribution < -0.4 is 5.32 Å². The number of nitrogens with one attached hydrogen (secondary N) is 1. The minimum Gasteiger partial charge on any atom is -0.313 e. The molecule has 1 aliphatic heterocycles. The Hall–Kier alpha value is -0.300. The molecule has 58 valence electrons. The van der Waals surface area contributed by atoms with Crippen LogP contribution in [0.25, 0.3) is 0 Å². The predicted molar refractivity (Wildman–Crippen MR) is 45.0 cm³/mol. The summed E-state index contributed by atoms with van der Waals surface area (Å²) >= 11 is 0. The van der Waals surface area contributed by atoms with Crippen molar-refractivity contribution < 1.29 is 0 Å². The van der Waals surface area contributed by atoms with Crippen LogP contribution in [0, 0.1) is 5.41 Å². The lowest BCUT2D eigenvalue weighted by molar-refractivity contribution is 0.307. The summed E-state index contributed by atoms with van der Waals surface area (Å²) < 4.78 is 0. The molecule has 0 bridgehead atoms. The molecule has 1 N–H and O–H groups in total. The summed E-state index contributed by atoms with van der Waals surface area (Å²) in [6, 6.07) is 0. The van der Waals surface area contributed by atoms with Gasteiger partial charge in [-0.1, -0.05) is 26.0 Å². The van der Waals surface area contributed by atoms with Gasteiger partial charge in [0.2, 0.25) is 0 Å². The van der Waals surface area contributed by atoms with E-state index in [0.717, 1.165) is 13.1 Å². The normalized spacial score (nSPS) is 33.8. The van der Waals surface area contributed by atoms with Gasteiger partial charge in [0.15, 0.2) is 0 Å². The molecule has 0 fully saturated rings. The van der Waals surface area contributed by atoms with E-state index in [-0.39, 0.29) is 0 Å². The van der Waals surface area contributed by atoms with Crippen molar-refractivity contribution in [3.8, 4) is 0 Å². The molecule has 0 saturated heterocycles. The summed E-state index contributed by atoms with van der Waals surface area (Å²) in [5.74, 6) is 0. The molecule has 1 heterocycles. The van der Waals surface area contributed by atoms with Gasteiger partial charge in [0, 0.05) is 13.1 Å². The van der Waals surface area contributed by atoms with Crippen molar-refractivity contribution in [3.63, 3.8) is 0 Å². The van der Waals surface area contributed by atoms with Gasteiger partial charge in [0.1, 0.15) is 0 Å². The van der Waals surface area contributed by atoms with E-state index in [1.165, 1.54) is 12.8 Å². The first-order valence-corrected chi connectivity index (χ1v) is 4.12. The standard InChI is InChI=1S/C9H17N/c1-3-9(2)6-4-5-7-10-8-9/h4-5,10H,3,6-8H2,1-2H3. The summed E-state index contributed by atoms with van der Waals surface area (Å²) in [5, 5.41) is 3.40. The van der Waals surface area contributed by atoms with E-state index in [1.807, 2.05) is 0 Å². The van der Waals surface area contributed by atoms with Crippen molar-refractivity contribution in [1.82, 2.24) is 5.32 Å². The highest BCUT2D eigenvalue weighted by Gasteiger charge is 2.20. The molecule has 0 aromatic rings. The molecule has 1 heteroatoms. The summed E-state index contributed by atoms with van der Waals surface area (Å²) in [4.78, 5) is 0. The predicted octanol–water partition coefficient (Wildman–Crippen LogP) is 1.95. The van der Waals surface area contributed by atoms with E-state index < -0.39 is 0 Å². The first-order valence-electron chi connectivity index (χ1n) is 4.12. The van der Waals surface area contributed by atoms with Gasteiger partial charge in [0.25, 0.3) is 0 Å². The monoisotopic (exact) mass is 139 g/mol. The fraction of sp³-hybridized carbons (Fsp3) is 0.778. The molecule has 1 unspecified atom stereocenters. The van der Waals surface area contributed by atoms with Gasteiger partial charge in [-0.05, 0) is 18.3 Å². The van der Waals surface area contributed by atoms with Crippen LogP contribution in [-0.4, -0.2) is 13.1 Å². The van der Waals surface area contributed by atoms with Crippen LogP contribution in [0.2, 0.25) is 0 Å². The van der Waals surface area contributed by atoms with E-state index in [2.05, 4.69) is 31.3 Å². The third-order valence-corrected chi connectivity index (χ3v) is 2.44. The molecule has 0 radical (unpaired) electrons. The molecular formula is C9H17N. The van der Waals surface area contributed by atoms with E-state index in [9.17, 15) is 0 Å². The van der Waals surface area contributed by atoms with Crippen LogP contribution in [0.3, 0.4) is 0 Å². The average molecular weight is 139 g/mol. The van der Waals surface area contributed by atoms with Crippen molar-refractivity contribution >= 4 is 0 Å². The fourth-order valence-electron chi connectivity index (χ4n) is 1.25. The Morgan fingerprint density at radius 3 is 3.00 bits per heavy atom. The first kappa shape index (κ1) is 7.80. The second-order valence-corrected chi connectivity index (χ2v) is 3.47. The topological polar surface area (TPSA) is 12.0 Å². The molecule has 1 atom stereocenters. The van der Waals surface area contributed by atoms with Gasteiger partial charge in [0.05, 0.1) is 0 Å². The van der Waals surface area contributed by atoms with E-state index in [1.54, 1.807) is 0 Å². The molecule has 1 rings (SSSR count). The van der Waals surface area contributed by atoms with Crippen molar-refractivity contribution in [2.45, 2.75) is 26.7 Å². The molecule has 0 amide bonds. The number of hydrogen-bond acceptors (Lipinski definition) is 1. The Kier molecular flexibility index (Phi) is 2.50. The molecular weight excluding hydrogens is 122 g/mol. The molecule has 0 saturated carbocycles. The van der Waals surface area contributed by atoms with E-state index in [0.29, 0.717) is 5.41 Å². The largest absolute Gasteiger partial charge is 0.313 e. The third kappa shape index (κ3) is 1.84. The SMILES string of the molecule is CCC1(C)CC=CCNC1. The van der Waals surface area contributed by atoms with E-state index in [4.69, 9.17) is 0 Å². The van der Waals surface area contributed by atoms with Crippen LogP contribution in [0.4, 0.5) is 0 Å². The Morgan fingerprint density at radius 2 is 2.30 bits per heavy atom. The van der Waals surface area contributed by atoms with Gasteiger partial charge in [-0.3, -0.25) is 0 Å². The molecule has 0 aromatic carbocycles. The van der Waals surface area contributed by atoms with Crippen LogP contribution in [0.15, 0.2) is 12.2 Å². The zero-order valence-corrected chi connectivity index (χ0v) is 6.98. The fourth-order valence-corrected chi connectivity index (χ4v) is 1.25. The van der Waals surface area contributed by atoms with E-state index >= 15 is 0 Å².